The molecule has 0 fully saturated rings. The zero-order valence-electron chi connectivity index (χ0n) is 14.9. The molecule has 3 aromatic rings. The van der Waals surface area contributed by atoms with Crippen molar-refractivity contribution in [1.82, 2.24) is 15.8 Å². The van der Waals surface area contributed by atoms with Crippen LogP contribution in [0, 0.1) is 6.92 Å². The highest BCUT2D eigenvalue weighted by atomic mass is 32.2. The number of nitrogens with two attached hydrogens (primary N) is 1. The van der Waals surface area contributed by atoms with Crippen molar-refractivity contribution in [2.24, 2.45) is 5.14 Å². The second-order valence-corrected chi connectivity index (χ2v) is 9.27. The Morgan fingerprint density at radius 3 is 2.41 bits per heavy atom. The van der Waals surface area contributed by atoms with Gasteiger partial charge in [-0.25, -0.2) is 24.0 Å². The van der Waals surface area contributed by atoms with E-state index in [4.69, 9.17) is 5.14 Å². The Labute approximate surface area is 168 Å². The molecule has 1 aromatic heterocycles. The minimum absolute atomic E-state index is 0.137. The van der Waals surface area contributed by atoms with Crippen LogP contribution in [0.1, 0.15) is 16.1 Å². The molecule has 0 radical (unpaired) electrons. The van der Waals surface area contributed by atoms with Crippen molar-refractivity contribution < 1.29 is 21.6 Å². The highest BCUT2D eigenvalue weighted by Crippen LogP contribution is 2.41. The Morgan fingerprint density at radius 1 is 1.14 bits per heavy atom. The van der Waals surface area contributed by atoms with Gasteiger partial charge in [0.1, 0.15) is 16.2 Å². The lowest BCUT2D eigenvalue weighted by Crippen LogP contribution is -2.44. The first-order chi connectivity index (χ1) is 13.5. The van der Waals surface area contributed by atoms with Crippen LogP contribution in [0.25, 0.3) is 10.2 Å². The van der Waals surface area contributed by atoms with Gasteiger partial charge in [-0.15, -0.1) is 11.3 Å². The number of nitrogens with one attached hydrogen (secondary N) is 2. The Bertz CT molecular complexity index is 1230. The molecule has 2 aromatic carbocycles. The first kappa shape index (κ1) is 19.8. The lowest BCUT2D eigenvalue weighted by Gasteiger charge is -2.25. The first-order valence-corrected chi connectivity index (χ1v) is 10.7. The summed E-state index contributed by atoms with van der Waals surface area (Å²) < 4.78 is 63.9. The summed E-state index contributed by atoms with van der Waals surface area (Å²) in [6.45, 7) is 1.91. The SMILES string of the molecule is Cc1ccc2nc(C3(c4ccc(S(N)(=O)=O)cc4)C=C(C(F)(F)F)NN3)sc2c1. The third-order valence-electron chi connectivity index (χ3n) is 4.58. The number of hydrogen-bond donors (Lipinski definition) is 3. The van der Waals surface area contributed by atoms with Crippen molar-refractivity contribution in [3.8, 4) is 0 Å². The monoisotopic (exact) mass is 440 g/mol. The van der Waals surface area contributed by atoms with E-state index in [0.717, 1.165) is 16.3 Å². The van der Waals surface area contributed by atoms with Crippen LogP contribution >= 0.6 is 11.3 Å². The number of primary sulfonamides is 1. The minimum atomic E-state index is -4.59. The Kier molecular flexibility index (Phi) is 4.46. The van der Waals surface area contributed by atoms with Gasteiger partial charge in [0.05, 0.1) is 15.1 Å². The average Bonchev–Trinajstić information content (AvgIpc) is 3.25. The number of alkyl halides is 3. The maximum atomic E-state index is 13.3. The van der Waals surface area contributed by atoms with Gasteiger partial charge in [-0.2, -0.15) is 13.2 Å². The summed E-state index contributed by atoms with van der Waals surface area (Å²) in [5, 5.41) is 5.50. The molecular formula is C18H15F3N4O2S2. The molecule has 0 aliphatic carbocycles. The second kappa shape index (κ2) is 6.52. The first-order valence-electron chi connectivity index (χ1n) is 8.33. The maximum absolute atomic E-state index is 13.3. The molecule has 0 saturated heterocycles. The van der Waals surface area contributed by atoms with Crippen LogP contribution in [0.3, 0.4) is 0 Å². The normalized spacial score (nSPS) is 20.0. The van der Waals surface area contributed by atoms with Gasteiger partial charge in [0.15, 0.2) is 0 Å². The van der Waals surface area contributed by atoms with Gasteiger partial charge in [0, 0.05) is 0 Å². The van der Waals surface area contributed by atoms with E-state index in [9.17, 15) is 21.6 Å². The van der Waals surface area contributed by atoms with Crippen molar-refractivity contribution >= 4 is 31.6 Å². The smallest absolute Gasteiger partial charge is 0.316 e. The molecule has 1 aliphatic heterocycles. The Balaban J connectivity index is 1.92. The molecule has 152 valence electrons. The molecule has 0 spiro atoms. The number of allylic oxidation sites excluding steroid dienone is 1. The van der Waals surface area contributed by atoms with Crippen molar-refractivity contribution in [2.45, 2.75) is 23.5 Å². The quantitative estimate of drug-likeness (QED) is 0.582. The van der Waals surface area contributed by atoms with Crippen molar-refractivity contribution in [3.05, 3.63) is 70.4 Å². The Morgan fingerprint density at radius 2 is 1.83 bits per heavy atom. The lowest BCUT2D eigenvalue weighted by atomic mass is 9.91. The summed E-state index contributed by atoms with van der Waals surface area (Å²) in [6.07, 6.45) is -3.58. The number of aromatic nitrogens is 1. The lowest BCUT2D eigenvalue weighted by molar-refractivity contribution is -0.0965. The molecule has 4 rings (SSSR count). The summed E-state index contributed by atoms with van der Waals surface area (Å²) in [5.74, 6) is 0. The minimum Gasteiger partial charge on any atom is -0.316 e. The standard InChI is InChI=1S/C18H15F3N4O2S2/c1-10-2-7-13-14(8-10)28-16(23-13)17(9-15(24-25-17)18(19,20)21)11-3-5-12(6-4-11)29(22,26)27/h2-9,24-25H,1H3,(H2,22,26,27). The van der Waals surface area contributed by atoms with Gasteiger partial charge in [0.2, 0.25) is 10.0 Å². The number of rotatable bonds is 3. The molecule has 4 N–H and O–H groups in total. The number of benzene rings is 2. The van der Waals surface area contributed by atoms with Crippen LogP contribution in [0.2, 0.25) is 0 Å². The molecule has 1 aliphatic rings. The van der Waals surface area contributed by atoms with E-state index in [1.807, 2.05) is 19.1 Å². The van der Waals surface area contributed by atoms with Gasteiger partial charge in [-0.3, -0.25) is 0 Å². The third-order valence-corrected chi connectivity index (χ3v) is 6.66. The average molecular weight is 440 g/mol. The number of nitrogens with zero attached hydrogens (tertiary/aromatic N) is 1. The van der Waals surface area contributed by atoms with E-state index in [0.29, 0.717) is 16.1 Å². The van der Waals surface area contributed by atoms with E-state index in [1.165, 1.54) is 35.6 Å². The highest BCUT2D eigenvalue weighted by molar-refractivity contribution is 7.89. The summed E-state index contributed by atoms with van der Waals surface area (Å²) >= 11 is 1.26. The van der Waals surface area contributed by atoms with Gasteiger partial charge in [-0.05, 0) is 48.4 Å². The van der Waals surface area contributed by atoms with Gasteiger partial charge in [0.25, 0.3) is 0 Å². The van der Waals surface area contributed by atoms with Gasteiger partial charge < -0.3 is 5.43 Å². The molecular weight excluding hydrogens is 425 g/mol. The van der Waals surface area contributed by atoms with Crippen LogP contribution in [0.4, 0.5) is 13.2 Å². The molecule has 1 unspecified atom stereocenters. The van der Waals surface area contributed by atoms with E-state index in [2.05, 4.69) is 15.8 Å². The molecule has 6 nitrogen and oxygen atoms in total. The maximum Gasteiger partial charge on any atom is 0.432 e. The van der Waals surface area contributed by atoms with E-state index >= 15 is 0 Å². The fourth-order valence-electron chi connectivity index (χ4n) is 3.11. The van der Waals surface area contributed by atoms with Crippen molar-refractivity contribution in [2.75, 3.05) is 0 Å². The molecule has 0 bridgehead atoms. The van der Waals surface area contributed by atoms with E-state index in [-0.39, 0.29) is 4.90 Å². The van der Waals surface area contributed by atoms with Crippen molar-refractivity contribution in [1.29, 1.82) is 0 Å². The van der Waals surface area contributed by atoms with Crippen molar-refractivity contribution in [3.63, 3.8) is 0 Å². The number of halogens is 3. The molecule has 1 atom stereocenters. The second-order valence-electron chi connectivity index (χ2n) is 6.67. The number of hydrogen-bond acceptors (Lipinski definition) is 6. The predicted molar refractivity (Wildman–Crippen MR) is 103 cm³/mol. The number of fused-ring (bicyclic) bond motifs is 1. The third kappa shape index (κ3) is 3.50. The molecule has 2 heterocycles. The molecule has 0 saturated carbocycles. The fraction of sp³-hybridized carbons (Fsp3) is 0.167. The Hall–Kier alpha value is -2.47. The summed E-state index contributed by atoms with van der Waals surface area (Å²) in [6, 6.07) is 10.9. The number of aryl methyl sites for hydroxylation is 1. The summed E-state index contributed by atoms with van der Waals surface area (Å²) in [4.78, 5) is 4.40. The van der Waals surface area contributed by atoms with Crippen LogP contribution in [0.15, 0.2) is 59.1 Å². The molecule has 29 heavy (non-hydrogen) atoms. The summed E-state index contributed by atoms with van der Waals surface area (Å²) in [5.41, 5.74) is 4.55. The van der Waals surface area contributed by atoms with Gasteiger partial charge >= 0.3 is 6.18 Å². The summed E-state index contributed by atoms with van der Waals surface area (Å²) in [7, 11) is -3.93. The topological polar surface area (TPSA) is 97.1 Å². The number of thiazole rings is 1. The van der Waals surface area contributed by atoms with Crippen LogP contribution < -0.4 is 16.0 Å². The highest BCUT2D eigenvalue weighted by Gasteiger charge is 2.47. The fourth-order valence-corrected chi connectivity index (χ4v) is 4.83. The van der Waals surface area contributed by atoms with Gasteiger partial charge in [-0.1, -0.05) is 18.2 Å². The molecule has 11 heteroatoms. The van der Waals surface area contributed by atoms with E-state index in [1.54, 1.807) is 6.07 Å². The number of hydrazine groups is 1. The van der Waals surface area contributed by atoms with Crippen LogP contribution in [0.5, 0.6) is 0 Å². The zero-order valence-corrected chi connectivity index (χ0v) is 16.5. The predicted octanol–water partition coefficient (Wildman–Crippen LogP) is 3.05. The van der Waals surface area contributed by atoms with Crippen LogP contribution in [-0.4, -0.2) is 19.6 Å². The number of sulfonamides is 1. The molecule has 0 amide bonds. The van der Waals surface area contributed by atoms with Crippen LogP contribution in [-0.2, 0) is 15.6 Å². The van der Waals surface area contributed by atoms with E-state index < -0.39 is 27.4 Å². The largest absolute Gasteiger partial charge is 0.432 e. The zero-order chi connectivity index (χ0) is 21.0.